The Kier molecular flexibility index (Phi) is 5.08. The van der Waals surface area contributed by atoms with Gasteiger partial charge in [-0.15, -0.1) is 0 Å². The first-order chi connectivity index (χ1) is 9.90. The van der Waals surface area contributed by atoms with E-state index < -0.39 is 0 Å². The number of carbonyl (C=O) groups is 1. The average molecular weight is 288 g/mol. The third-order valence-electron chi connectivity index (χ3n) is 4.55. The Morgan fingerprint density at radius 1 is 1.19 bits per heavy atom. The molecule has 1 fully saturated rings. The van der Waals surface area contributed by atoms with Gasteiger partial charge < -0.3 is 4.74 Å². The minimum absolute atomic E-state index is 0.0359. The highest BCUT2D eigenvalue weighted by molar-refractivity contribution is 5.69. The molecule has 0 amide bonds. The highest BCUT2D eigenvalue weighted by Gasteiger charge is 2.28. The summed E-state index contributed by atoms with van der Waals surface area (Å²) in [6, 6.07) is 9.07. The fourth-order valence-corrected chi connectivity index (χ4v) is 3.27. The lowest BCUT2D eigenvalue weighted by Gasteiger charge is -2.20. The molecule has 0 bridgehead atoms. The van der Waals surface area contributed by atoms with Crippen molar-refractivity contribution in [1.29, 1.82) is 0 Å². The van der Waals surface area contributed by atoms with Gasteiger partial charge in [0.25, 0.3) is 0 Å². The predicted octanol–water partition coefficient (Wildman–Crippen LogP) is 4.82. The van der Waals surface area contributed by atoms with Gasteiger partial charge in [0.05, 0.1) is 6.61 Å². The van der Waals surface area contributed by atoms with Crippen LogP contribution in [0, 0.1) is 5.92 Å². The Hall–Kier alpha value is -1.31. The van der Waals surface area contributed by atoms with Crippen molar-refractivity contribution < 1.29 is 9.53 Å². The van der Waals surface area contributed by atoms with Crippen LogP contribution in [0.25, 0.3) is 0 Å². The first-order valence-corrected chi connectivity index (χ1v) is 8.16. The Morgan fingerprint density at radius 3 is 2.43 bits per heavy atom. The fourth-order valence-electron chi connectivity index (χ4n) is 3.27. The van der Waals surface area contributed by atoms with Crippen LogP contribution in [0.1, 0.15) is 70.4 Å². The summed E-state index contributed by atoms with van der Waals surface area (Å²) in [6.07, 6.45) is 4.04. The summed E-state index contributed by atoms with van der Waals surface area (Å²) in [4.78, 5) is 11.6. The Balaban J connectivity index is 1.94. The maximum absolute atomic E-state index is 11.6. The third-order valence-corrected chi connectivity index (χ3v) is 4.55. The zero-order valence-corrected chi connectivity index (χ0v) is 13.8. The van der Waals surface area contributed by atoms with E-state index in [0.717, 1.165) is 12.8 Å². The van der Waals surface area contributed by atoms with Crippen LogP contribution in [0.4, 0.5) is 0 Å². The Labute approximate surface area is 128 Å². The molecule has 2 nitrogen and oxygen atoms in total. The minimum Gasteiger partial charge on any atom is -0.466 e. The van der Waals surface area contributed by atoms with Crippen LogP contribution in [0.5, 0.6) is 0 Å². The van der Waals surface area contributed by atoms with Crippen LogP contribution in [0.2, 0.25) is 0 Å². The van der Waals surface area contributed by atoms with Gasteiger partial charge in [-0.3, -0.25) is 4.79 Å². The van der Waals surface area contributed by atoms with Gasteiger partial charge in [0.2, 0.25) is 0 Å². The summed E-state index contributed by atoms with van der Waals surface area (Å²) < 4.78 is 5.06. The molecule has 21 heavy (non-hydrogen) atoms. The van der Waals surface area contributed by atoms with E-state index in [1.807, 2.05) is 6.92 Å². The molecule has 0 aliphatic heterocycles. The number of rotatable bonds is 4. The maximum Gasteiger partial charge on any atom is 0.306 e. The van der Waals surface area contributed by atoms with E-state index in [-0.39, 0.29) is 11.4 Å². The van der Waals surface area contributed by atoms with Crippen molar-refractivity contribution in [2.24, 2.45) is 5.92 Å². The van der Waals surface area contributed by atoms with Gasteiger partial charge >= 0.3 is 5.97 Å². The highest BCUT2D eigenvalue weighted by atomic mass is 16.5. The third kappa shape index (κ3) is 4.33. The number of ether oxygens (including phenoxy) is 1. The van der Waals surface area contributed by atoms with Crippen molar-refractivity contribution in [3.8, 4) is 0 Å². The fraction of sp³-hybridized carbons (Fsp3) is 0.632. The molecule has 1 saturated carbocycles. The number of hydrogen-bond donors (Lipinski definition) is 0. The molecule has 1 aliphatic rings. The van der Waals surface area contributed by atoms with E-state index >= 15 is 0 Å². The molecular formula is C19H28O2. The van der Waals surface area contributed by atoms with Gasteiger partial charge in [-0.2, -0.15) is 0 Å². The van der Waals surface area contributed by atoms with Crippen molar-refractivity contribution in [2.75, 3.05) is 6.61 Å². The van der Waals surface area contributed by atoms with E-state index in [2.05, 4.69) is 45.0 Å². The van der Waals surface area contributed by atoms with Crippen LogP contribution < -0.4 is 0 Å². The lowest BCUT2D eigenvalue weighted by atomic mass is 9.85. The SMILES string of the molecule is CCOC(=O)CC1CC[C@H](c2ccc(C(C)(C)C)cc2)C1. The molecule has 0 heterocycles. The largest absolute Gasteiger partial charge is 0.466 e. The second-order valence-corrected chi connectivity index (χ2v) is 7.26. The molecule has 0 saturated heterocycles. The lowest BCUT2D eigenvalue weighted by molar-refractivity contribution is -0.144. The van der Waals surface area contributed by atoms with Crippen LogP contribution in [-0.4, -0.2) is 12.6 Å². The summed E-state index contributed by atoms with van der Waals surface area (Å²) in [5.41, 5.74) is 3.02. The van der Waals surface area contributed by atoms with Crippen molar-refractivity contribution in [3.63, 3.8) is 0 Å². The summed E-state index contributed by atoms with van der Waals surface area (Å²) in [5, 5.41) is 0. The Morgan fingerprint density at radius 2 is 1.86 bits per heavy atom. The van der Waals surface area contributed by atoms with E-state index in [9.17, 15) is 4.79 Å². The molecule has 2 heteroatoms. The van der Waals surface area contributed by atoms with Gasteiger partial charge in [0.1, 0.15) is 0 Å². The van der Waals surface area contributed by atoms with E-state index in [1.165, 1.54) is 17.5 Å². The molecule has 0 N–H and O–H groups in total. The molecule has 0 spiro atoms. The molecule has 2 atom stereocenters. The van der Waals surface area contributed by atoms with Crippen LogP contribution in [-0.2, 0) is 14.9 Å². The van der Waals surface area contributed by atoms with Gasteiger partial charge in [-0.1, -0.05) is 45.0 Å². The van der Waals surface area contributed by atoms with Crippen molar-refractivity contribution in [3.05, 3.63) is 35.4 Å². The number of esters is 1. The normalized spacial score (nSPS) is 22.3. The van der Waals surface area contributed by atoms with Gasteiger partial charge in [-0.25, -0.2) is 0 Å². The predicted molar refractivity (Wildman–Crippen MR) is 86.5 cm³/mol. The van der Waals surface area contributed by atoms with Crippen LogP contribution in [0.3, 0.4) is 0 Å². The molecule has 116 valence electrons. The molecule has 1 aromatic carbocycles. The van der Waals surface area contributed by atoms with E-state index in [1.54, 1.807) is 0 Å². The van der Waals surface area contributed by atoms with E-state index in [0.29, 0.717) is 24.9 Å². The molecule has 1 aliphatic carbocycles. The van der Waals surface area contributed by atoms with E-state index in [4.69, 9.17) is 4.74 Å². The molecule has 2 rings (SSSR count). The molecular weight excluding hydrogens is 260 g/mol. The molecule has 0 aromatic heterocycles. The summed E-state index contributed by atoms with van der Waals surface area (Å²) in [6.45, 7) is 9.09. The zero-order valence-electron chi connectivity index (χ0n) is 13.8. The molecule has 0 radical (unpaired) electrons. The number of benzene rings is 1. The quantitative estimate of drug-likeness (QED) is 0.742. The number of carbonyl (C=O) groups excluding carboxylic acids is 1. The smallest absolute Gasteiger partial charge is 0.306 e. The summed E-state index contributed by atoms with van der Waals surface area (Å²) in [7, 11) is 0. The van der Waals surface area contributed by atoms with Crippen molar-refractivity contribution in [2.45, 2.75) is 64.7 Å². The monoisotopic (exact) mass is 288 g/mol. The number of hydrogen-bond acceptors (Lipinski definition) is 2. The van der Waals surface area contributed by atoms with Gasteiger partial charge in [0, 0.05) is 6.42 Å². The van der Waals surface area contributed by atoms with Crippen molar-refractivity contribution in [1.82, 2.24) is 0 Å². The van der Waals surface area contributed by atoms with Gasteiger partial charge in [-0.05, 0) is 54.6 Å². The second-order valence-electron chi connectivity index (χ2n) is 7.26. The average Bonchev–Trinajstić information content (AvgIpc) is 2.86. The van der Waals surface area contributed by atoms with Gasteiger partial charge in [0.15, 0.2) is 0 Å². The highest BCUT2D eigenvalue weighted by Crippen LogP contribution is 2.40. The van der Waals surface area contributed by atoms with Crippen molar-refractivity contribution >= 4 is 5.97 Å². The van der Waals surface area contributed by atoms with Crippen LogP contribution in [0.15, 0.2) is 24.3 Å². The Bertz CT molecular complexity index is 467. The summed E-state index contributed by atoms with van der Waals surface area (Å²) >= 11 is 0. The lowest BCUT2D eigenvalue weighted by Crippen LogP contribution is -2.11. The maximum atomic E-state index is 11.6. The minimum atomic E-state index is -0.0359. The molecule has 1 unspecified atom stereocenters. The second kappa shape index (κ2) is 6.64. The standard InChI is InChI=1S/C19H28O2/c1-5-21-18(20)13-14-6-7-16(12-14)15-8-10-17(11-9-15)19(2,3)4/h8-11,14,16H,5-7,12-13H2,1-4H3/t14?,16-/m0/s1. The first kappa shape index (κ1) is 16.1. The summed E-state index contributed by atoms with van der Waals surface area (Å²) in [5.74, 6) is 1.07. The first-order valence-electron chi connectivity index (χ1n) is 8.16. The molecule has 1 aromatic rings. The zero-order chi connectivity index (χ0) is 15.5. The van der Waals surface area contributed by atoms with Crippen LogP contribution >= 0.6 is 0 Å². The topological polar surface area (TPSA) is 26.3 Å².